The van der Waals surface area contributed by atoms with Crippen molar-refractivity contribution in [1.29, 1.82) is 0 Å². The van der Waals surface area contributed by atoms with E-state index in [9.17, 15) is 4.79 Å². The second kappa shape index (κ2) is 4.89. The topological polar surface area (TPSA) is 75.5 Å². The van der Waals surface area contributed by atoms with Gasteiger partial charge in [0.05, 0.1) is 25.3 Å². The lowest BCUT2D eigenvalue weighted by atomic mass is 10.2. The summed E-state index contributed by atoms with van der Waals surface area (Å²) in [5.74, 6) is -0.0767. The van der Waals surface area contributed by atoms with Crippen LogP contribution in [0.15, 0.2) is 18.6 Å². The van der Waals surface area contributed by atoms with E-state index in [2.05, 4.69) is 9.97 Å². The molecule has 0 amide bonds. The lowest BCUT2D eigenvalue weighted by Gasteiger charge is -2.32. The summed E-state index contributed by atoms with van der Waals surface area (Å²) in [4.78, 5) is 20.7. The van der Waals surface area contributed by atoms with E-state index in [4.69, 9.17) is 9.84 Å². The van der Waals surface area contributed by atoms with Crippen molar-refractivity contribution in [3.8, 4) is 0 Å². The van der Waals surface area contributed by atoms with E-state index in [0.29, 0.717) is 13.2 Å². The minimum atomic E-state index is -0.842. The molecule has 2 rings (SSSR count). The van der Waals surface area contributed by atoms with Crippen LogP contribution in [-0.4, -0.2) is 46.8 Å². The van der Waals surface area contributed by atoms with Gasteiger partial charge < -0.3 is 14.7 Å². The van der Waals surface area contributed by atoms with Crippen LogP contribution in [0.2, 0.25) is 0 Å². The Kier molecular flexibility index (Phi) is 3.31. The molecule has 6 heteroatoms. The minimum absolute atomic E-state index is 0.0246. The molecule has 2 heterocycles. The molecular weight excluding hydrogens is 210 g/mol. The smallest absolute Gasteiger partial charge is 0.306 e. The first-order valence-electron chi connectivity index (χ1n) is 5.10. The molecule has 1 N–H and O–H groups in total. The Hall–Kier alpha value is -1.69. The van der Waals surface area contributed by atoms with Crippen LogP contribution in [0.3, 0.4) is 0 Å². The van der Waals surface area contributed by atoms with Crippen LogP contribution in [0.5, 0.6) is 0 Å². The Morgan fingerprint density at radius 1 is 1.62 bits per heavy atom. The normalized spacial score (nSPS) is 20.8. The molecule has 0 radical (unpaired) electrons. The third-order valence-corrected chi connectivity index (χ3v) is 2.41. The molecule has 1 aliphatic rings. The van der Waals surface area contributed by atoms with Gasteiger partial charge in [-0.25, -0.2) is 4.98 Å². The zero-order valence-electron chi connectivity index (χ0n) is 8.74. The highest BCUT2D eigenvalue weighted by Gasteiger charge is 2.23. The molecule has 0 bridgehead atoms. The lowest BCUT2D eigenvalue weighted by Crippen LogP contribution is -2.43. The van der Waals surface area contributed by atoms with E-state index in [1.54, 1.807) is 18.6 Å². The number of nitrogens with zero attached hydrogens (tertiary/aromatic N) is 3. The van der Waals surface area contributed by atoms with Gasteiger partial charge in [0.15, 0.2) is 0 Å². The summed E-state index contributed by atoms with van der Waals surface area (Å²) in [6.45, 7) is 1.79. The average Bonchev–Trinajstić information content (AvgIpc) is 2.30. The zero-order valence-corrected chi connectivity index (χ0v) is 8.74. The number of morpholine rings is 1. The van der Waals surface area contributed by atoms with Crippen LogP contribution in [0.25, 0.3) is 0 Å². The Balaban J connectivity index is 1.99. The van der Waals surface area contributed by atoms with Crippen molar-refractivity contribution >= 4 is 11.8 Å². The van der Waals surface area contributed by atoms with E-state index < -0.39 is 5.97 Å². The minimum Gasteiger partial charge on any atom is -0.481 e. The average molecular weight is 223 g/mol. The fraction of sp³-hybridized carbons (Fsp3) is 0.500. The van der Waals surface area contributed by atoms with Crippen LogP contribution in [0.1, 0.15) is 6.42 Å². The summed E-state index contributed by atoms with van der Waals surface area (Å²) in [7, 11) is 0. The van der Waals surface area contributed by atoms with Gasteiger partial charge >= 0.3 is 5.97 Å². The molecule has 6 nitrogen and oxygen atoms in total. The largest absolute Gasteiger partial charge is 0.481 e. The van der Waals surface area contributed by atoms with Crippen molar-refractivity contribution < 1.29 is 14.6 Å². The molecule has 1 atom stereocenters. The van der Waals surface area contributed by atoms with E-state index in [1.165, 1.54) is 0 Å². The predicted octanol–water partition coefficient (Wildman–Crippen LogP) is 0.157. The quantitative estimate of drug-likeness (QED) is 0.786. The monoisotopic (exact) mass is 223 g/mol. The van der Waals surface area contributed by atoms with Crippen molar-refractivity contribution in [3.05, 3.63) is 18.6 Å². The second-order valence-corrected chi connectivity index (χ2v) is 3.60. The second-order valence-electron chi connectivity index (χ2n) is 3.60. The van der Waals surface area contributed by atoms with Crippen LogP contribution in [-0.2, 0) is 9.53 Å². The highest BCUT2D eigenvalue weighted by molar-refractivity contribution is 5.67. The van der Waals surface area contributed by atoms with Gasteiger partial charge in [-0.1, -0.05) is 0 Å². The van der Waals surface area contributed by atoms with E-state index >= 15 is 0 Å². The molecule has 1 saturated heterocycles. The van der Waals surface area contributed by atoms with Crippen LogP contribution in [0.4, 0.5) is 5.82 Å². The third kappa shape index (κ3) is 2.66. The van der Waals surface area contributed by atoms with E-state index in [-0.39, 0.29) is 12.5 Å². The lowest BCUT2D eigenvalue weighted by molar-refractivity contribution is -0.140. The fourth-order valence-corrected chi connectivity index (χ4v) is 1.70. The van der Waals surface area contributed by atoms with Crippen molar-refractivity contribution in [2.24, 2.45) is 0 Å². The Morgan fingerprint density at radius 3 is 3.19 bits per heavy atom. The Labute approximate surface area is 92.9 Å². The summed E-state index contributed by atoms with van der Waals surface area (Å²) < 4.78 is 5.37. The van der Waals surface area contributed by atoms with Crippen molar-refractivity contribution in [1.82, 2.24) is 9.97 Å². The maximum absolute atomic E-state index is 10.6. The van der Waals surface area contributed by atoms with Gasteiger partial charge in [-0.15, -0.1) is 0 Å². The van der Waals surface area contributed by atoms with Gasteiger partial charge in [-0.3, -0.25) is 9.78 Å². The predicted molar refractivity (Wildman–Crippen MR) is 56.2 cm³/mol. The first kappa shape index (κ1) is 10.8. The number of anilines is 1. The van der Waals surface area contributed by atoms with Gasteiger partial charge in [0.2, 0.25) is 0 Å². The van der Waals surface area contributed by atoms with E-state index in [1.807, 2.05) is 4.90 Å². The zero-order chi connectivity index (χ0) is 11.4. The number of ether oxygens (including phenoxy) is 1. The van der Waals surface area contributed by atoms with Crippen molar-refractivity contribution in [2.75, 3.05) is 24.6 Å². The standard InChI is InChI=1S/C10H13N3O3/c14-10(15)5-8-7-13(3-4-16-8)9-6-11-1-2-12-9/h1-2,6,8H,3-5,7H2,(H,14,15). The maximum atomic E-state index is 10.6. The molecule has 0 spiro atoms. The molecule has 1 aromatic heterocycles. The molecular formula is C10H13N3O3. The highest BCUT2D eigenvalue weighted by Crippen LogP contribution is 2.14. The molecule has 86 valence electrons. The molecule has 0 aromatic carbocycles. The fourth-order valence-electron chi connectivity index (χ4n) is 1.70. The number of hydrogen-bond donors (Lipinski definition) is 1. The number of aliphatic carboxylic acids is 1. The molecule has 0 aliphatic carbocycles. The molecule has 1 unspecified atom stereocenters. The van der Waals surface area contributed by atoms with E-state index in [0.717, 1.165) is 12.4 Å². The van der Waals surface area contributed by atoms with Crippen LogP contribution < -0.4 is 4.90 Å². The van der Waals surface area contributed by atoms with Crippen molar-refractivity contribution in [3.63, 3.8) is 0 Å². The van der Waals surface area contributed by atoms with Gasteiger partial charge in [0.1, 0.15) is 5.82 Å². The van der Waals surface area contributed by atoms with Gasteiger partial charge in [0, 0.05) is 25.5 Å². The number of carboxylic acids is 1. The summed E-state index contributed by atoms with van der Waals surface area (Å²) in [6.07, 6.45) is 4.66. The molecule has 1 aliphatic heterocycles. The molecule has 1 fully saturated rings. The summed E-state index contributed by atoms with van der Waals surface area (Å²) in [6, 6.07) is 0. The first-order chi connectivity index (χ1) is 7.75. The number of hydrogen-bond acceptors (Lipinski definition) is 5. The first-order valence-corrected chi connectivity index (χ1v) is 5.10. The summed E-state index contributed by atoms with van der Waals surface area (Å²) in [5.41, 5.74) is 0. The van der Waals surface area contributed by atoms with Crippen LogP contribution >= 0.6 is 0 Å². The SMILES string of the molecule is O=C(O)CC1CN(c2cnccn2)CCO1. The van der Waals surface area contributed by atoms with Gasteiger partial charge in [0.25, 0.3) is 0 Å². The number of aromatic nitrogens is 2. The van der Waals surface area contributed by atoms with Gasteiger partial charge in [-0.05, 0) is 0 Å². The molecule has 16 heavy (non-hydrogen) atoms. The maximum Gasteiger partial charge on any atom is 0.306 e. The Morgan fingerprint density at radius 2 is 2.50 bits per heavy atom. The van der Waals surface area contributed by atoms with Gasteiger partial charge in [-0.2, -0.15) is 0 Å². The van der Waals surface area contributed by atoms with Crippen molar-refractivity contribution in [2.45, 2.75) is 12.5 Å². The molecule has 0 saturated carbocycles. The summed E-state index contributed by atoms with van der Waals surface area (Å²) >= 11 is 0. The third-order valence-electron chi connectivity index (χ3n) is 2.41. The van der Waals surface area contributed by atoms with Crippen LogP contribution in [0, 0.1) is 0 Å². The number of carbonyl (C=O) groups is 1. The number of carboxylic acid groups (broad SMARTS) is 1. The Bertz CT molecular complexity index is 358. The summed E-state index contributed by atoms with van der Waals surface area (Å²) in [5, 5.41) is 8.70. The molecule has 1 aromatic rings. The number of rotatable bonds is 3. The highest BCUT2D eigenvalue weighted by atomic mass is 16.5.